The van der Waals surface area contributed by atoms with E-state index in [1.807, 2.05) is 20.8 Å². The lowest BCUT2D eigenvalue weighted by Crippen LogP contribution is -2.32. The molecule has 1 amide bonds. The van der Waals surface area contributed by atoms with Crippen molar-refractivity contribution in [3.05, 3.63) is 0 Å². The van der Waals surface area contributed by atoms with Gasteiger partial charge in [-0.25, -0.2) is 0 Å². The number of amides is 1. The molecule has 0 aromatic heterocycles. The molecule has 0 aromatic rings. The first-order chi connectivity index (χ1) is 6.96. The monoisotopic (exact) mass is 213 g/mol. The normalized spacial score (nSPS) is 28.9. The molecule has 0 bridgehead atoms. The molecule has 86 valence electrons. The minimum Gasteiger partial charge on any atom is -0.481 e. The highest BCUT2D eigenvalue weighted by Crippen LogP contribution is 2.58. The van der Waals surface area contributed by atoms with Crippen LogP contribution < -0.4 is 5.32 Å². The van der Waals surface area contributed by atoms with Gasteiger partial charge in [-0.1, -0.05) is 20.8 Å². The summed E-state index contributed by atoms with van der Waals surface area (Å²) in [4.78, 5) is 22.7. The van der Waals surface area contributed by atoms with E-state index < -0.39 is 11.4 Å². The van der Waals surface area contributed by atoms with E-state index in [2.05, 4.69) is 5.32 Å². The van der Waals surface area contributed by atoms with Crippen LogP contribution >= 0.6 is 0 Å². The van der Waals surface area contributed by atoms with Gasteiger partial charge in [0.2, 0.25) is 5.91 Å². The first-order valence-electron chi connectivity index (χ1n) is 5.48. The summed E-state index contributed by atoms with van der Waals surface area (Å²) < 4.78 is 0. The van der Waals surface area contributed by atoms with Crippen molar-refractivity contribution in [2.75, 3.05) is 6.54 Å². The van der Waals surface area contributed by atoms with E-state index in [1.165, 1.54) is 0 Å². The van der Waals surface area contributed by atoms with Gasteiger partial charge >= 0.3 is 5.97 Å². The molecule has 4 nitrogen and oxygen atoms in total. The van der Waals surface area contributed by atoms with Gasteiger partial charge < -0.3 is 10.4 Å². The van der Waals surface area contributed by atoms with Crippen LogP contribution in [0.2, 0.25) is 0 Å². The Morgan fingerprint density at radius 1 is 1.53 bits per heavy atom. The van der Waals surface area contributed by atoms with Crippen molar-refractivity contribution in [1.82, 2.24) is 5.32 Å². The third-order valence-electron chi connectivity index (χ3n) is 3.30. The molecule has 1 saturated carbocycles. The highest BCUT2D eigenvalue weighted by atomic mass is 16.4. The second-order valence-electron chi connectivity index (χ2n) is 4.55. The molecule has 1 fully saturated rings. The molecule has 4 heteroatoms. The van der Waals surface area contributed by atoms with Crippen LogP contribution in [0.15, 0.2) is 0 Å². The van der Waals surface area contributed by atoms with E-state index in [0.29, 0.717) is 13.0 Å². The van der Waals surface area contributed by atoms with E-state index in [1.54, 1.807) is 0 Å². The average molecular weight is 213 g/mol. The van der Waals surface area contributed by atoms with Crippen molar-refractivity contribution in [2.45, 2.75) is 33.6 Å². The van der Waals surface area contributed by atoms with Crippen molar-refractivity contribution in [1.29, 1.82) is 0 Å². The number of nitrogens with one attached hydrogen (secondary N) is 1. The van der Waals surface area contributed by atoms with Gasteiger partial charge in [-0.2, -0.15) is 0 Å². The van der Waals surface area contributed by atoms with Crippen LogP contribution in [0.5, 0.6) is 0 Å². The van der Waals surface area contributed by atoms with Gasteiger partial charge in [-0.05, 0) is 18.8 Å². The summed E-state index contributed by atoms with van der Waals surface area (Å²) in [5.74, 6) is -1.27. The number of hydrogen-bond acceptors (Lipinski definition) is 2. The predicted molar refractivity (Wildman–Crippen MR) is 56.3 cm³/mol. The fraction of sp³-hybridized carbons (Fsp3) is 0.818. The van der Waals surface area contributed by atoms with Crippen molar-refractivity contribution >= 4 is 11.9 Å². The summed E-state index contributed by atoms with van der Waals surface area (Å²) in [6.45, 7) is 6.33. The second kappa shape index (κ2) is 4.21. The van der Waals surface area contributed by atoms with E-state index in [0.717, 1.165) is 6.42 Å². The Kier molecular flexibility index (Phi) is 3.37. The molecular formula is C11H19NO3. The Morgan fingerprint density at radius 3 is 2.47 bits per heavy atom. The number of hydrogen-bond donors (Lipinski definition) is 2. The van der Waals surface area contributed by atoms with Crippen LogP contribution in [0, 0.1) is 17.3 Å². The minimum atomic E-state index is -0.839. The van der Waals surface area contributed by atoms with Crippen LogP contribution in [-0.2, 0) is 9.59 Å². The van der Waals surface area contributed by atoms with Gasteiger partial charge in [0.1, 0.15) is 0 Å². The van der Waals surface area contributed by atoms with Crippen LogP contribution in [0.25, 0.3) is 0 Å². The molecule has 2 atom stereocenters. The molecular weight excluding hydrogens is 194 g/mol. The predicted octanol–water partition coefficient (Wildman–Crippen LogP) is 1.26. The Hall–Kier alpha value is -1.06. The summed E-state index contributed by atoms with van der Waals surface area (Å²) in [6.07, 6.45) is 1.36. The van der Waals surface area contributed by atoms with Gasteiger partial charge in [0.25, 0.3) is 0 Å². The maximum Gasteiger partial charge on any atom is 0.310 e. The van der Waals surface area contributed by atoms with Crippen molar-refractivity contribution in [3.8, 4) is 0 Å². The molecule has 0 saturated heterocycles. The molecule has 0 aliphatic heterocycles. The standard InChI is InChI=1S/C11H19NO3/c1-4-5-12-9(13)8-6-11(8,7(2)3)10(14)15/h7-8H,4-6H2,1-3H3,(H,12,13)(H,14,15). The lowest BCUT2D eigenvalue weighted by atomic mass is 9.89. The summed E-state index contributed by atoms with van der Waals surface area (Å²) in [7, 11) is 0. The number of rotatable bonds is 5. The number of carbonyl (C=O) groups is 2. The Labute approximate surface area is 90.0 Å². The Balaban J connectivity index is 2.62. The maximum absolute atomic E-state index is 11.6. The van der Waals surface area contributed by atoms with Gasteiger partial charge in [-0.15, -0.1) is 0 Å². The summed E-state index contributed by atoms with van der Waals surface area (Å²) in [5, 5.41) is 11.9. The zero-order chi connectivity index (χ0) is 11.6. The topological polar surface area (TPSA) is 66.4 Å². The fourth-order valence-electron chi connectivity index (χ4n) is 2.10. The highest BCUT2D eigenvalue weighted by Gasteiger charge is 2.65. The summed E-state index contributed by atoms with van der Waals surface area (Å²) in [6, 6.07) is 0. The molecule has 0 radical (unpaired) electrons. The highest BCUT2D eigenvalue weighted by molar-refractivity contribution is 5.92. The van der Waals surface area contributed by atoms with E-state index in [9.17, 15) is 9.59 Å². The van der Waals surface area contributed by atoms with Crippen LogP contribution in [0.4, 0.5) is 0 Å². The average Bonchev–Trinajstić information content (AvgIpc) is 2.90. The molecule has 2 unspecified atom stereocenters. The third kappa shape index (κ3) is 1.98. The van der Waals surface area contributed by atoms with Crippen molar-refractivity contribution in [2.24, 2.45) is 17.3 Å². The largest absolute Gasteiger partial charge is 0.481 e. The fourth-order valence-corrected chi connectivity index (χ4v) is 2.10. The molecule has 0 aromatic carbocycles. The van der Waals surface area contributed by atoms with E-state index >= 15 is 0 Å². The summed E-state index contributed by atoms with van der Waals surface area (Å²) >= 11 is 0. The molecule has 1 aliphatic rings. The smallest absolute Gasteiger partial charge is 0.310 e. The molecule has 0 heterocycles. The van der Waals surface area contributed by atoms with Crippen molar-refractivity contribution < 1.29 is 14.7 Å². The van der Waals surface area contributed by atoms with Crippen molar-refractivity contribution in [3.63, 3.8) is 0 Å². The van der Waals surface area contributed by atoms with Crippen LogP contribution in [0.3, 0.4) is 0 Å². The number of aliphatic carboxylic acids is 1. The zero-order valence-corrected chi connectivity index (χ0v) is 9.54. The quantitative estimate of drug-likeness (QED) is 0.722. The van der Waals surface area contributed by atoms with Crippen LogP contribution in [-0.4, -0.2) is 23.5 Å². The second-order valence-corrected chi connectivity index (χ2v) is 4.55. The lowest BCUT2D eigenvalue weighted by molar-refractivity contribution is -0.147. The molecule has 2 N–H and O–H groups in total. The number of carbonyl (C=O) groups excluding carboxylic acids is 1. The van der Waals surface area contributed by atoms with Gasteiger partial charge in [0, 0.05) is 6.54 Å². The Morgan fingerprint density at radius 2 is 2.13 bits per heavy atom. The van der Waals surface area contributed by atoms with Gasteiger partial charge in [-0.3, -0.25) is 9.59 Å². The molecule has 1 rings (SSSR count). The zero-order valence-electron chi connectivity index (χ0n) is 9.54. The first kappa shape index (κ1) is 12.0. The van der Waals surface area contributed by atoms with Gasteiger partial charge in [0.15, 0.2) is 0 Å². The Bertz CT molecular complexity index is 275. The number of carboxylic acids is 1. The van der Waals surface area contributed by atoms with Gasteiger partial charge in [0.05, 0.1) is 11.3 Å². The summed E-state index contributed by atoms with van der Waals surface area (Å²) in [5.41, 5.74) is -0.808. The van der Waals surface area contributed by atoms with Crippen LogP contribution in [0.1, 0.15) is 33.6 Å². The van der Waals surface area contributed by atoms with E-state index in [-0.39, 0.29) is 17.7 Å². The minimum absolute atomic E-state index is 0.00683. The molecule has 0 spiro atoms. The van der Waals surface area contributed by atoms with E-state index in [4.69, 9.17) is 5.11 Å². The molecule has 1 aliphatic carbocycles. The molecule has 15 heavy (non-hydrogen) atoms. The maximum atomic E-state index is 11.6. The number of carboxylic acid groups (broad SMARTS) is 1. The first-order valence-corrected chi connectivity index (χ1v) is 5.48. The lowest BCUT2D eigenvalue weighted by Gasteiger charge is -2.16. The third-order valence-corrected chi connectivity index (χ3v) is 3.30. The SMILES string of the molecule is CCCNC(=O)C1CC1(C(=O)O)C(C)C.